The third-order valence-corrected chi connectivity index (χ3v) is 3.58. The summed E-state index contributed by atoms with van der Waals surface area (Å²) in [4.78, 5) is 14.3. The number of carbonyl (C=O) groups is 1. The van der Waals surface area contributed by atoms with Gasteiger partial charge in [0.05, 0.1) is 7.11 Å². The van der Waals surface area contributed by atoms with Crippen LogP contribution in [0.1, 0.15) is 12.5 Å². The molecule has 6 nitrogen and oxygen atoms in total. The summed E-state index contributed by atoms with van der Waals surface area (Å²) in [6, 6.07) is 5.49. The van der Waals surface area contributed by atoms with Crippen LogP contribution in [-0.4, -0.2) is 52.0 Å². The molecule has 1 aromatic carbocycles. The molecular weight excluding hydrogens is 272 g/mol. The number of nitrogens with zero attached hydrogens (tertiary/aromatic N) is 1. The molecule has 1 heterocycles. The quantitative estimate of drug-likeness (QED) is 0.789. The monoisotopic (exact) mass is 294 g/mol. The smallest absolute Gasteiger partial charge is 0.330 e. The summed E-state index contributed by atoms with van der Waals surface area (Å²) in [5.74, 6) is 1.01. The van der Waals surface area contributed by atoms with Gasteiger partial charge < -0.3 is 19.1 Å². The van der Waals surface area contributed by atoms with Crippen molar-refractivity contribution in [3.8, 4) is 11.5 Å². The highest BCUT2D eigenvalue weighted by molar-refractivity contribution is 5.82. The van der Waals surface area contributed by atoms with Crippen LogP contribution in [-0.2, 0) is 15.1 Å². The Kier molecular flexibility index (Phi) is 4.69. The van der Waals surface area contributed by atoms with Gasteiger partial charge in [-0.15, -0.1) is 0 Å². The molecule has 1 N–H and O–H groups in total. The maximum absolute atomic E-state index is 12.2. The predicted molar refractivity (Wildman–Crippen MR) is 78.5 cm³/mol. The van der Waals surface area contributed by atoms with Crippen LogP contribution in [0.4, 0.5) is 0 Å². The molecule has 6 heteroatoms. The molecule has 116 valence electrons. The fraction of sp³-hybridized carbons (Fsp3) is 0.533. The van der Waals surface area contributed by atoms with Gasteiger partial charge in [-0.25, -0.2) is 4.79 Å². The van der Waals surface area contributed by atoms with E-state index in [9.17, 15) is 4.79 Å². The van der Waals surface area contributed by atoms with E-state index in [0.717, 1.165) is 12.1 Å². The summed E-state index contributed by atoms with van der Waals surface area (Å²) in [5.41, 5.74) is -0.136. The van der Waals surface area contributed by atoms with Gasteiger partial charge in [-0.3, -0.25) is 5.32 Å². The molecule has 0 bridgehead atoms. The first kappa shape index (κ1) is 15.6. The lowest BCUT2D eigenvalue weighted by atomic mass is 9.91. The lowest BCUT2D eigenvalue weighted by molar-refractivity contribution is -0.148. The zero-order valence-electron chi connectivity index (χ0n) is 12.9. The summed E-state index contributed by atoms with van der Waals surface area (Å²) >= 11 is 0. The van der Waals surface area contributed by atoms with Crippen LogP contribution in [0.15, 0.2) is 18.2 Å². The van der Waals surface area contributed by atoms with E-state index in [1.807, 2.05) is 44.1 Å². The van der Waals surface area contributed by atoms with Gasteiger partial charge in [0.2, 0.25) is 6.79 Å². The second kappa shape index (κ2) is 6.32. The van der Waals surface area contributed by atoms with Gasteiger partial charge in [-0.1, -0.05) is 6.07 Å². The third-order valence-electron chi connectivity index (χ3n) is 3.58. The van der Waals surface area contributed by atoms with Crippen LogP contribution in [0, 0.1) is 0 Å². The average Bonchev–Trinajstić information content (AvgIpc) is 2.93. The van der Waals surface area contributed by atoms with Gasteiger partial charge in [0.25, 0.3) is 0 Å². The molecule has 0 radical (unpaired) electrons. The van der Waals surface area contributed by atoms with E-state index in [2.05, 4.69) is 5.32 Å². The number of rotatable bonds is 6. The van der Waals surface area contributed by atoms with Gasteiger partial charge in [0, 0.05) is 13.1 Å². The van der Waals surface area contributed by atoms with Crippen LogP contribution in [0.3, 0.4) is 0 Å². The molecule has 0 saturated heterocycles. The fourth-order valence-electron chi connectivity index (χ4n) is 2.23. The number of ether oxygens (including phenoxy) is 3. The topological polar surface area (TPSA) is 60.0 Å². The number of hydrogen-bond donors (Lipinski definition) is 1. The number of carbonyl (C=O) groups excluding carboxylic acids is 1. The van der Waals surface area contributed by atoms with E-state index in [-0.39, 0.29) is 12.8 Å². The third kappa shape index (κ3) is 3.28. The lowest BCUT2D eigenvalue weighted by Gasteiger charge is -2.29. The largest absolute Gasteiger partial charge is 0.467 e. The van der Waals surface area contributed by atoms with Crippen LogP contribution in [0.2, 0.25) is 0 Å². The minimum absolute atomic E-state index is 0.210. The fourth-order valence-corrected chi connectivity index (χ4v) is 2.23. The van der Waals surface area contributed by atoms with Crippen molar-refractivity contribution in [2.24, 2.45) is 0 Å². The van der Waals surface area contributed by atoms with Crippen molar-refractivity contribution in [1.82, 2.24) is 10.2 Å². The summed E-state index contributed by atoms with van der Waals surface area (Å²) in [7, 11) is 5.36. The second-order valence-corrected chi connectivity index (χ2v) is 5.41. The molecule has 0 aliphatic carbocycles. The maximum atomic E-state index is 12.2. The highest BCUT2D eigenvalue weighted by Gasteiger charge is 2.37. The number of nitrogens with one attached hydrogen (secondary N) is 1. The molecule has 21 heavy (non-hydrogen) atoms. The maximum Gasteiger partial charge on any atom is 0.330 e. The Bertz CT molecular complexity index is 518. The molecule has 0 aromatic heterocycles. The predicted octanol–water partition coefficient (Wildman–Crippen LogP) is 0.955. The van der Waals surface area contributed by atoms with Gasteiger partial charge in [-0.2, -0.15) is 0 Å². The van der Waals surface area contributed by atoms with Gasteiger partial charge in [0.1, 0.15) is 5.54 Å². The molecular formula is C15H22N2O4. The molecule has 1 aromatic rings. The number of hydrogen-bond acceptors (Lipinski definition) is 6. The average molecular weight is 294 g/mol. The zero-order chi connectivity index (χ0) is 15.5. The first-order valence-electron chi connectivity index (χ1n) is 6.85. The van der Waals surface area contributed by atoms with E-state index in [0.29, 0.717) is 18.0 Å². The Labute approximate surface area is 125 Å². The second-order valence-electron chi connectivity index (χ2n) is 5.41. The Morgan fingerprint density at radius 1 is 1.38 bits per heavy atom. The number of benzene rings is 1. The normalized spacial score (nSPS) is 15.9. The minimum Gasteiger partial charge on any atom is -0.467 e. The standard InChI is InChI=1S/C15H22N2O4/c1-15(14(18)19-4,16-7-8-17(2)3)11-5-6-12-13(9-11)21-10-20-12/h5-6,9,16H,7-8,10H2,1-4H3. The molecule has 0 spiro atoms. The Hall–Kier alpha value is -1.79. The van der Waals surface area contributed by atoms with Crippen molar-refractivity contribution in [3.05, 3.63) is 23.8 Å². The van der Waals surface area contributed by atoms with E-state index >= 15 is 0 Å². The zero-order valence-corrected chi connectivity index (χ0v) is 12.9. The van der Waals surface area contributed by atoms with E-state index in [1.54, 1.807) is 0 Å². The van der Waals surface area contributed by atoms with Gasteiger partial charge in [0.15, 0.2) is 11.5 Å². The van der Waals surface area contributed by atoms with Crippen molar-refractivity contribution in [2.75, 3.05) is 41.1 Å². The molecule has 1 unspecified atom stereocenters. The summed E-state index contributed by atoms with van der Waals surface area (Å²) < 4.78 is 15.6. The van der Waals surface area contributed by atoms with E-state index in [4.69, 9.17) is 14.2 Å². The van der Waals surface area contributed by atoms with Crippen molar-refractivity contribution < 1.29 is 19.0 Å². The molecule has 1 aliphatic rings. The summed E-state index contributed by atoms with van der Waals surface area (Å²) in [6.45, 7) is 3.50. The lowest BCUT2D eigenvalue weighted by Crippen LogP contribution is -2.49. The van der Waals surface area contributed by atoms with E-state index in [1.165, 1.54) is 7.11 Å². The number of esters is 1. The molecule has 0 amide bonds. The van der Waals surface area contributed by atoms with Crippen LogP contribution in [0.25, 0.3) is 0 Å². The van der Waals surface area contributed by atoms with Crippen molar-refractivity contribution in [2.45, 2.75) is 12.5 Å². The minimum atomic E-state index is -0.925. The van der Waals surface area contributed by atoms with Crippen LogP contribution >= 0.6 is 0 Å². The SMILES string of the molecule is COC(=O)C(C)(NCCN(C)C)c1ccc2c(c1)OCO2. The highest BCUT2D eigenvalue weighted by atomic mass is 16.7. The molecule has 0 fully saturated rings. The van der Waals surface area contributed by atoms with Crippen LogP contribution < -0.4 is 14.8 Å². The van der Waals surface area contributed by atoms with Crippen molar-refractivity contribution in [1.29, 1.82) is 0 Å². The molecule has 2 rings (SSSR count). The van der Waals surface area contributed by atoms with Gasteiger partial charge in [-0.05, 0) is 38.7 Å². The van der Waals surface area contributed by atoms with E-state index < -0.39 is 5.54 Å². The first-order chi connectivity index (χ1) is 9.97. The highest BCUT2D eigenvalue weighted by Crippen LogP contribution is 2.36. The first-order valence-corrected chi connectivity index (χ1v) is 6.85. The van der Waals surface area contributed by atoms with Gasteiger partial charge >= 0.3 is 5.97 Å². The number of fused-ring (bicyclic) bond motifs is 1. The molecule has 1 atom stereocenters. The summed E-state index contributed by atoms with van der Waals surface area (Å²) in [5, 5.41) is 3.27. The Morgan fingerprint density at radius 2 is 2.10 bits per heavy atom. The van der Waals surface area contributed by atoms with Crippen molar-refractivity contribution in [3.63, 3.8) is 0 Å². The summed E-state index contributed by atoms with van der Waals surface area (Å²) in [6.07, 6.45) is 0. The number of likely N-dealkylation sites (N-methyl/N-ethyl adjacent to an activating group) is 1. The van der Waals surface area contributed by atoms with Crippen molar-refractivity contribution >= 4 is 5.97 Å². The Morgan fingerprint density at radius 3 is 2.76 bits per heavy atom. The molecule has 0 saturated carbocycles. The molecule has 1 aliphatic heterocycles. The van der Waals surface area contributed by atoms with Crippen LogP contribution in [0.5, 0.6) is 11.5 Å². The number of methoxy groups -OCH3 is 1. The Balaban J connectivity index is 2.24.